The van der Waals surface area contributed by atoms with Gasteiger partial charge in [0.15, 0.2) is 5.78 Å². The van der Waals surface area contributed by atoms with Gasteiger partial charge in [-0.25, -0.2) is 0 Å². The van der Waals surface area contributed by atoms with E-state index in [0.717, 1.165) is 58.7 Å². The van der Waals surface area contributed by atoms with Gasteiger partial charge in [0.05, 0.1) is 10.6 Å². The van der Waals surface area contributed by atoms with Gasteiger partial charge >= 0.3 is 0 Å². The molecule has 0 atom stereocenters. The zero-order valence-corrected chi connectivity index (χ0v) is 22.2. The Bertz CT molecular complexity index is 1360. The number of carbonyl (C=O) groups excluding carboxylic acids is 1. The molecule has 3 aromatic rings. The molecule has 0 unspecified atom stereocenters. The van der Waals surface area contributed by atoms with Crippen LogP contribution in [0.5, 0.6) is 0 Å². The molecule has 3 aliphatic rings. The van der Waals surface area contributed by atoms with Gasteiger partial charge < -0.3 is 0 Å². The maximum atomic E-state index is 14.0. The minimum atomic E-state index is 0.304. The Morgan fingerprint density at radius 3 is 1.97 bits per heavy atom. The first-order valence-electron chi connectivity index (χ1n) is 13.9. The summed E-state index contributed by atoms with van der Waals surface area (Å²) in [6.45, 7) is 0. The third-order valence-electron chi connectivity index (χ3n) is 8.26. The fourth-order valence-electron chi connectivity index (χ4n) is 6.26. The van der Waals surface area contributed by atoms with Gasteiger partial charge in [-0.2, -0.15) is 5.11 Å². The van der Waals surface area contributed by atoms with Crippen LogP contribution in [0.15, 0.2) is 99.1 Å². The molecule has 3 aliphatic carbocycles. The van der Waals surface area contributed by atoms with E-state index in [9.17, 15) is 4.79 Å². The molecule has 2 fully saturated rings. The van der Waals surface area contributed by atoms with Crippen molar-refractivity contribution in [1.82, 2.24) is 0 Å². The zero-order chi connectivity index (χ0) is 25.0. The fraction of sp³-hybridized carbons (Fsp3) is 0.364. The van der Waals surface area contributed by atoms with Crippen molar-refractivity contribution in [2.75, 3.05) is 0 Å². The Hall–Kier alpha value is -3.11. The molecular formula is C33H34N2OS. The number of carbonyl (C=O) groups is 1. The van der Waals surface area contributed by atoms with Crippen molar-refractivity contribution in [1.29, 1.82) is 0 Å². The highest BCUT2D eigenvalue weighted by molar-refractivity contribution is 7.12. The minimum absolute atomic E-state index is 0.304. The highest BCUT2D eigenvalue weighted by Gasteiger charge is 2.33. The molecular weight excluding hydrogens is 472 g/mol. The lowest BCUT2D eigenvalue weighted by molar-refractivity contribution is -0.113. The van der Waals surface area contributed by atoms with Gasteiger partial charge in [-0.1, -0.05) is 81.0 Å². The van der Waals surface area contributed by atoms with Crippen LogP contribution in [0.2, 0.25) is 0 Å². The van der Waals surface area contributed by atoms with Crippen molar-refractivity contribution in [2.45, 2.75) is 64.2 Å². The molecule has 1 heterocycles. The number of hydrogen-bond donors (Lipinski definition) is 0. The zero-order valence-electron chi connectivity index (χ0n) is 21.4. The minimum Gasteiger partial charge on any atom is -0.289 e. The standard InChI is InChI=1S/C33H34N2OS/c36-32-29(23-12-4-1-5-13-23)20-26(21-30(32)24-14-6-2-7-15-24)31(35-34-27-17-8-3-9-18-27)33-28-19-11-10-16-25(28)22-37-33/h3,8-11,16-24H,1-2,4-7,12-15H2. The first-order valence-corrected chi connectivity index (χ1v) is 14.8. The van der Waals surface area contributed by atoms with E-state index in [-0.39, 0.29) is 0 Å². The summed E-state index contributed by atoms with van der Waals surface area (Å²) in [6, 6.07) is 18.4. The van der Waals surface area contributed by atoms with Crippen molar-refractivity contribution >= 4 is 39.3 Å². The molecule has 3 nitrogen and oxygen atoms in total. The van der Waals surface area contributed by atoms with Crippen LogP contribution in [0.1, 0.15) is 69.1 Å². The fourth-order valence-corrected chi connectivity index (χ4v) is 7.29. The first kappa shape index (κ1) is 24.2. The molecule has 1 aromatic heterocycles. The van der Waals surface area contributed by atoms with Crippen LogP contribution < -0.4 is 0 Å². The molecule has 2 aromatic carbocycles. The monoisotopic (exact) mass is 506 g/mol. The summed E-state index contributed by atoms with van der Waals surface area (Å²) in [7, 11) is 0. The number of rotatable bonds is 5. The first-order chi connectivity index (χ1) is 18.3. The average molecular weight is 507 g/mol. The van der Waals surface area contributed by atoms with Crippen molar-refractivity contribution in [2.24, 2.45) is 22.1 Å². The van der Waals surface area contributed by atoms with E-state index in [1.54, 1.807) is 11.3 Å². The van der Waals surface area contributed by atoms with E-state index in [2.05, 4.69) is 46.9 Å². The van der Waals surface area contributed by atoms with Gasteiger partial charge in [0.25, 0.3) is 0 Å². The summed E-state index contributed by atoms with van der Waals surface area (Å²) in [5.41, 5.74) is 4.80. The van der Waals surface area contributed by atoms with E-state index in [4.69, 9.17) is 5.11 Å². The Balaban J connectivity index is 1.54. The molecule has 6 rings (SSSR count). The summed E-state index contributed by atoms with van der Waals surface area (Å²) in [5, 5.41) is 14.2. The summed E-state index contributed by atoms with van der Waals surface area (Å²) in [5.74, 6) is 1.02. The van der Waals surface area contributed by atoms with E-state index < -0.39 is 0 Å². The number of nitrogens with zero attached hydrogens (tertiary/aromatic N) is 2. The molecule has 188 valence electrons. The van der Waals surface area contributed by atoms with E-state index in [1.165, 1.54) is 49.3 Å². The number of fused-ring (bicyclic) bond motifs is 1. The number of thiophene rings is 1. The predicted molar refractivity (Wildman–Crippen MR) is 154 cm³/mol. The summed E-state index contributed by atoms with van der Waals surface area (Å²) >= 11 is 1.72. The Labute approximate surface area is 223 Å². The molecule has 2 saturated carbocycles. The highest BCUT2D eigenvalue weighted by Crippen LogP contribution is 2.43. The second-order valence-corrected chi connectivity index (χ2v) is 11.6. The molecule has 0 radical (unpaired) electrons. The predicted octanol–water partition coefficient (Wildman–Crippen LogP) is 9.99. The number of hydrogen-bond acceptors (Lipinski definition) is 4. The smallest absolute Gasteiger partial charge is 0.185 e. The van der Waals surface area contributed by atoms with Crippen molar-refractivity contribution in [3.05, 3.63) is 93.7 Å². The van der Waals surface area contributed by atoms with Crippen LogP contribution >= 0.6 is 11.3 Å². The Kier molecular flexibility index (Phi) is 7.27. The molecule has 37 heavy (non-hydrogen) atoms. The quantitative estimate of drug-likeness (QED) is 0.317. The Morgan fingerprint density at radius 1 is 0.730 bits per heavy atom. The largest absolute Gasteiger partial charge is 0.289 e. The molecule has 0 amide bonds. The lowest BCUT2D eigenvalue weighted by Gasteiger charge is -2.31. The maximum Gasteiger partial charge on any atom is 0.185 e. The summed E-state index contributed by atoms with van der Waals surface area (Å²) in [6.07, 6.45) is 16.2. The van der Waals surface area contributed by atoms with Gasteiger partial charge in [0, 0.05) is 22.1 Å². The number of Topliss-reactive ketones (excluding diaryl/α,β-unsaturated/α-hetero) is 1. The second kappa shape index (κ2) is 11.1. The number of benzene rings is 2. The van der Waals surface area contributed by atoms with Gasteiger partial charge in [0.1, 0.15) is 5.70 Å². The Morgan fingerprint density at radius 2 is 1.32 bits per heavy atom. The molecule has 0 bridgehead atoms. The number of ketones is 1. The van der Waals surface area contributed by atoms with Crippen molar-refractivity contribution in [3.8, 4) is 0 Å². The van der Waals surface area contributed by atoms with E-state index in [1.807, 2.05) is 30.3 Å². The van der Waals surface area contributed by atoms with E-state index >= 15 is 0 Å². The molecule has 0 N–H and O–H groups in total. The number of azo groups is 1. The van der Waals surface area contributed by atoms with Crippen molar-refractivity contribution < 1.29 is 4.79 Å². The maximum absolute atomic E-state index is 14.0. The van der Waals surface area contributed by atoms with Crippen molar-refractivity contribution in [3.63, 3.8) is 0 Å². The third kappa shape index (κ3) is 5.17. The van der Waals surface area contributed by atoms with E-state index in [0.29, 0.717) is 17.6 Å². The molecule has 0 saturated heterocycles. The second-order valence-electron chi connectivity index (χ2n) is 10.7. The average Bonchev–Trinajstić information content (AvgIpc) is 3.39. The normalized spacial score (nSPS) is 19.9. The number of allylic oxidation sites excluding steroid dienone is 5. The van der Waals surface area contributed by atoms with Gasteiger partial charge in [-0.3, -0.25) is 4.79 Å². The topological polar surface area (TPSA) is 41.8 Å². The van der Waals surface area contributed by atoms with Crippen LogP contribution in [0, 0.1) is 11.8 Å². The molecule has 0 spiro atoms. The van der Waals surface area contributed by atoms with Crippen LogP contribution in [0.3, 0.4) is 0 Å². The van der Waals surface area contributed by atoms with Gasteiger partial charge in [-0.05, 0) is 72.6 Å². The highest BCUT2D eigenvalue weighted by atomic mass is 32.1. The van der Waals surface area contributed by atoms with Crippen LogP contribution in [-0.2, 0) is 4.79 Å². The van der Waals surface area contributed by atoms with Crippen LogP contribution in [0.25, 0.3) is 16.5 Å². The summed E-state index contributed by atoms with van der Waals surface area (Å²) in [4.78, 5) is 15.1. The summed E-state index contributed by atoms with van der Waals surface area (Å²) < 4.78 is 0. The van der Waals surface area contributed by atoms with Crippen LogP contribution in [0.4, 0.5) is 5.69 Å². The third-order valence-corrected chi connectivity index (χ3v) is 9.28. The molecule has 0 aliphatic heterocycles. The lowest BCUT2D eigenvalue weighted by atomic mass is 9.73. The lowest BCUT2D eigenvalue weighted by Crippen LogP contribution is -2.25. The van der Waals surface area contributed by atoms with Gasteiger partial charge in [-0.15, -0.1) is 16.5 Å². The SMILES string of the molecule is O=C1C(C2CCCCC2)=CC(=C(N=Nc2ccccc2)c2scc3ccccc23)C=C1C1CCCCC1. The van der Waals surface area contributed by atoms with Gasteiger partial charge in [0.2, 0.25) is 0 Å². The molecule has 4 heteroatoms. The van der Waals surface area contributed by atoms with Crippen LogP contribution in [-0.4, -0.2) is 5.78 Å².